The normalized spacial score (nSPS) is 13.1. The molecule has 0 atom stereocenters. The maximum absolute atomic E-state index is 12.3. The smallest absolute Gasteiger partial charge is 0.254 e. The van der Waals surface area contributed by atoms with Crippen molar-refractivity contribution in [3.05, 3.63) is 53.6 Å². The lowest BCUT2D eigenvalue weighted by Gasteiger charge is -2.16. The minimum atomic E-state index is 0.0145. The Morgan fingerprint density at radius 1 is 1.14 bits per heavy atom. The summed E-state index contributed by atoms with van der Waals surface area (Å²) in [6, 6.07) is 12.8. The van der Waals surface area contributed by atoms with Crippen LogP contribution in [0.2, 0.25) is 0 Å². The highest BCUT2D eigenvalue weighted by atomic mass is 16.5. The van der Waals surface area contributed by atoms with E-state index in [-0.39, 0.29) is 5.91 Å². The van der Waals surface area contributed by atoms with Crippen LogP contribution in [0.3, 0.4) is 0 Å². The van der Waals surface area contributed by atoms with Crippen LogP contribution >= 0.6 is 0 Å². The molecule has 2 aromatic carbocycles. The third-order valence-corrected chi connectivity index (χ3v) is 3.70. The number of carbonyl (C=O) groups excluding carboxylic acids is 1. The first-order valence-corrected chi connectivity index (χ1v) is 7.12. The number of nitrogens with zero attached hydrogens (tertiary/aromatic N) is 1. The van der Waals surface area contributed by atoms with Crippen molar-refractivity contribution in [2.45, 2.75) is 6.54 Å². The van der Waals surface area contributed by atoms with Crippen LogP contribution in [-0.4, -0.2) is 31.1 Å². The molecule has 5 heteroatoms. The van der Waals surface area contributed by atoms with Crippen molar-refractivity contribution in [2.24, 2.45) is 0 Å². The van der Waals surface area contributed by atoms with Crippen LogP contribution in [-0.2, 0) is 6.54 Å². The number of methoxy groups -OCH3 is 1. The van der Waals surface area contributed by atoms with E-state index in [0.29, 0.717) is 30.9 Å². The van der Waals surface area contributed by atoms with Gasteiger partial charge in [0.2, 0.25) is 0 Å². The second-order valence-electron chi connectivity index (χ2n) is 5.17. The van der Waals surface area contributed by atoms with E-state index < -0.39 is 0 Å². The quantitative estimate of drug-likeness (QED) is 0.860. The lowest BCUT2D eigenvalue weighted by molar-refractivity contribution is 0.0753. The van der Waals surface area contributed by atoms with Gasteiger partial charge in [0.05, 0.1) is 13.7 Å². The molecular weight excluding hydrogens is 280 g/mol. The van der Waals surface area contributed by atoms with Gasteiger partial charge in [0.1, 0.15) is 18.1 Å². The van der Waals surface area contributed by atoms with Crippen LogP contribution in [0.4, 0.5) is 5.69 Å². The molecule has 0 aromatic heterocycles. The predicted molar refractivity (Wildman–Crippen MR) is 84.1 cm³/mol. The second kappa shape index (κ2) is 5.97. The van der Waals surface area contributed by atoms with E-state index in [1.807, 2.05) is 36.4 Å². The van der Waals surface area contributed by atoms with Gasteiger partial charge in [-0.25, -0.2) is 0 Å². The van der Waals surface area contributed by atoms with Gasteiger partial charge in [0.25, 0.3) is 5.91 Å². The molecule has 3 rings (SSSR count). The van der Waals surface area contributed by atoms with Crippen LogP contribution < -0.4 is 15.2 Å². The van der Waals surface area contributed by atoms with Crippen molar-refractivity contribution in [2.75, 3.05) is 26.0 Å². The number of fused-ring (bicyclic) bond motifs is 1. The van der Waals surface area contributed by atoms with Gasteiger partial charge in [-0.1, -0.05) is 6.07 Å². The molecule has 0 radical (unpaired) electrons. The molecule has 1 amide bonds. The Bertz CT molecular complexity index is 683. The summed E-state index contributed by atoms with van der Waals surface area (Å²) in [6.45, 7) is 1.60. The summed E-state index contributed by atoms with van der Waals surface area (Å²) in [5, 5.41) is 0. The maximum atomic E-state index is 12.3. The summed E-state index contributed by atoms with van der Waals surface area (Å²) in [4.78, 5) is 14.0. The Hall–Kier alpha value is -2.69. The highest BCUT2D eigenvalue weighted by Gasteiger charge is 2.26. The summed E-state index contributed by atoms with van der Waals surface area (Å²) in [5.41, 5.74) is 8.06. The standard InChI is InChI=1S/C17H18N2O3/c1-21-14-4-6-15(7-5-14)22-9-8-19-11-12-2-3-13(18)10-16(12)17(19)20/h2-7,10H,8-9,11,18H2,1H3. The molecule has 0 bridgehead atoms. The molecule has 2 aromatic rings. The maximum Gasteiger partial charge on any atom is 0.254 e. The van der Waals surface area contributed by atoms with Gasteiger partial charge in [0.15, 0.2) is 0 Å². The molecule has 114 valence electrons. The van der Waals surface area contributed by atoms with Crippen LogP contribution in [0.15, 0.2) is 42.5 Å². The minimum Gasteiger partial charge on any atom is -0.497 e. The number of hydrogen-bond donors (Lipinski definition) is 1. The van der Waals surface area contributed by atoms with Crippen molar-refractivity contribution in [1.82, 2.24) is 4.90 Å². The van der Waals surface area contributed by atoms with Crippen LogP contribution in [0, 0.1) is 0 Å². The second-order valence-corrected chi connectivity index (χ2v) is 5.17. The lowest BCUT2D eigenvalue weighted by atomic mass is 10.1. The van der Waals surface area contributed by atoms with E-state index in [0.717, 1.165) is 17.1 Å². The van der Waals surface area contributed by atoms with Crippen LogP contribution in [0.1, 0.15) is 15.9 Å². The first kappa shape index (κ1) is 14.3. The molecule has 1 aliphatic heterocycles. The fourth-order valence-electron chi connectivity index (χ4n) is 2.51. The zero-order valence-corrected chi connectivity index (χ0v) is 12.4. The molecular formula is C17H18N2O3. The van der Waals surface area contributed by atoms with Gasteiger partial charge in [-0.15, -0.1) is 0 Å². The van der Waals surface area contributed by atoms with Crippen molar-refractivity contribution in [3.8, 4) is 11.5 Å². The molecule has 0 saturated carbocycles. The number of hydrogen-bond acceptors (Lipinski definition) is 4. The molecule has 0 saturated heterocycles. The lowest BCUT2D eigenvalue weighted by Crippen LogP contribution is -2.28. The number of anilines is 1. The zero-order chi connectivity index (χ0) is 15.5. The van der Waals surface area contributed by atoms with E-state index in [9.17, 15) is 4.79 Å². The average molecular weight is 298 g/mol. The fraction of sp³-hybridized carbons (Fsp3) is 0.235. The number of amides is 1. The molecule has 0 spiro atoms. The highest BCUT2D eigenvalue weighted by molar-refractivity contribution is 5.99. The van der Waals surface area contributed by atoms with E-state index >= 15 is 0 Å². The van der Waals surface area contributed by atoms with Gasteiger partial charge in [0, 0.05) is 17.8 Å². The van der Waals surface area contributed by atoms with Crippen LogP contribution in [0.25, 0.3) is 0 Å². The van der Waals surface area contributed by atoms with Gasteiger partial charge < -0.3 is 20.1 Å². The van der Waals surface area contributed by atoms with E-state index in [2.05, 4.69) is 0 Å². The van der Waals surface area contributed by atoms with Crippen molar-refractivity contribution in [3.63, 3.8) is 0 Å². The minimum absolute atomic E-state index is 0.0145. The molecule has 0 fully saturated rings. The monoisotopic (exact) mass is 298 g/mol. The summed E-state index contributed by atoms with van der Waals surface area (Å²) in [5.74, 6) is 1.56. The van der Waals surface area contributed by atoms with Gasteiger partial charge in [-0.05, 0) is 42.0 Å². The summed E-state index contributed by atoms with van der Waals surface area (Å²) in [6.07, 6.45) is 0. The van der Waals surface area contributed by atoms with E-state index in [1.165, 1.54) is 0 Å². The molecule has 5 nitrogen and oxygen atoms in total. The Morgan fingerprint density at radius 3 is 2.59 bits per heavy atom. The number of ether oxygens (including phenoxy) is 2. The van der Waals surface area contributed by atoms with Crippen molar-refractivity contribution >= 4 is 11.6 Å². The Balaban J connectivity index is 1.55. The zero-order valence-electron chi connectivity index (χ0n) is 12.4. The average Bonchev–Trinajstić information content (AvgIpc) is 2.84. The number of carbonyl (C=O) groups is 1. The topological polar surface area (TPSA) is 64.8 Å². The van der Waals surface area contributed by atoms with Crippen LogP contribution in [0.5, 0.6) is 11.5 Å². The van der Waals surface area contributed by atoms with Gasteiger partial charge in [-0.3, -0.25) is 4.79 Å². The molecule has 0 aliphatic carbocycles. The number of nitrogens with two attached hydrogens (primary N) is 1. The third kappa shape index (κ3) is 2.83. The Kier molecular flexibility index (Phi) is 3.87. The number of benzene rings is 2. The molecule has 2 N–H and O–H groups in total. The fourth-order valence-corrected chi connectivity index (χ4v) is 2.51. The number of rotatable bonds is 5. The molecule has 22 heavy (non-hydrogen) atoms. The summed E-state index contributed by atoms with van der Waals surface area (Å²) >= 11 is 0. The first-order valence-electron chi connectivity index (χ1n) is 7.12. The Labute approximate surface area is 129 Å². The van der Waals surface area contributed by atoms with Gasteiger partial charge >= 0.3 is 0 Å². The van der Waals surface area contributed by atoms with Crippen molar-refractivity contribution < 1.29 is 14.3 Å². The third-order valence-electron chi connectivity index (χ3n) is 3.70. The summed E-state index contributed by atoms with van der Waals surface area (Å²) < 4.78 is 10.8. The molecule has 0 unspecified atom stereocenters. The SMILES string of the molecule is COc1ccc(OCCN2Cc3ccc(N)cc3C2=O)cc1. The highest BCUT2D eigenvalue weighted by Crippen LogP contribution is 2.24. The molecule has 1 heterocycles. The van der Waals surface area contributed by atoms with E-state index in [4.69, 9.17) is 15.2 Å². The molecule has 1 aliphatic rings. The largest absolute Gasteiger partial charge is 0.497 e. The predicted octanol–water partition coefficient (Wildman–Crippen LogP) is 2.31. The summed E-state index contributed by atoms with van der Waals surface area (Å²) in [7, 11) is 1.62. The number of nitrogen functional groups attached to an aromatic ring is 1. The van der Waals surface area contributed by atoms with Crippen molar-refractivity contribution in [1.29, 1.82) is 0 Å². The van der Waals surface area contributed by atoms with Gasteiger partial charge in [-0.2, -0.15) is 0 Å². The van der Waals surface area contributed by atoms with E-state index in [1.54, 1.807) is 18.1 Å². The first-order chi connectivity index (χ1) is 10.7. The Morgan fingerprint density at radius 2 is 1.86 bits per heavy atom.